The summed E-state index contributed by atoms with van der Waals surface area (Å²) in [5, 5.41) is 11.2. The van der Waals surface area contributed by atoms with E-state index in [4.69, 9.17) is 32.7 Å². The SMILES string of the molecule is CC1(C)O[C@@H]2C[C@H]3[C@@H]4C[C@H](F)C5=CC(=O)C(Cl)=C[C@]5(C)[C@@]4(F)[C@@H](O)C[C@]3(C)[C@]2(C(=O)CCl)O1. The van der Waals surface area contributed by atoms with Crippen LogP contribution in [0.2, 0.25) is 0 Å². The Bertz CT molecular complexity index is 1010. The lowest BCUT2D eigenvalue weighted by Gasteiger charge is -2.63. The van der Waals surface area contributed by atoms with Crippen molar-refractivity contribution in [2.45, 2.75) is 82.4 Å². The first kappa shape index (κ1) is 23.9. The Morgan fingerprint density at radius 1 is 1.24 bits per heavy atom. The number of fused-ring (bicyclic) bond motifs is 7. The molecule has 1 saturated heterocycles. The topological polar surface area (TPSA) is 72.8 Å². The molecule has 33 heavy (non-hydrogen) atoms. The van der Waals surface area contributed by atoms with Crippen molar-refractivity contribution < 1.29 is 33.0 Å². The van der Waals surface area contributed by atoms with Crippen molar-refractivity contribution in [2.24, 2.45) is 22.7 Å². The molecule has 5 rings (SSSR count). The summed E-state index contributed by atoms with van der Waals surface area (Å²) in [6.45, 7) is 6.69. The molecule has 0 aromatic heterocycles. The van der Waals surface area contributed by atoms with Crippen molar-refractivity contribution >= 4 is 34.8 Å². The fourth-order valence-electron chi connectivity index (χ4n) is 7.96. The van der Waals surface area contributed by atoms with E-state index < -0.39 is 63.9 Å². The van der Waals surface area contributed by atoms with Crippen molar-refractivity contribution in [1.82, 2.24) is 0 Å². The quantitative estimate of drug-likeness (QED) is 0.571. The van der Waals surface area contributed by atoms with Gasteiger partial charge in [0.05, 0.1) is 23.1 Å². The highest BCUT2D eigenvalue weighted by Crippen LogP contribution is 2.72. The zero-order valence-corrected chi connectivity index (χ0v) is 20.5. The number of carbonyl (C=O) groups is 2. The number of hydrogen-bond donors (Lipinski definition) is 1. The maximum absolute atomic E-state index is 17.3. The summed E-state index contributed by atoms with van der Waals surface area (Å²) in [7, 11) is 0. The summed E-state index contributed by atoms with van der Waals surface area (Å²) in [5.41, 5.74) is -6.41. The van der Waals surface area contributed by atoms with Crippen molar-refractivity contribution in [1.29, 1.82) is 0 Å². The zero-order valence-electron chi connectivity index (χ0n) is 19.0. The highest BCUT2D eigenvalue weighted by molar-refractivity contribution is 6.44. The molecule has 4 fully saturated rings. The van der Waals surface area contributed by atoms with Gasteiger partial charge in [-0.15, -0.1) is 11.6 Å². The Hall–Kier alpha value is -0.860. The van der Waals surface area contributed by atoms with Gasteiger partial charge in [-0.25, -0.2) is 8.78 Å². The van der Waals surface area contributed by atoms with Gasteiger partial charge in [-0.3, -0.25) is 9.59 Å². The maximum Gasteiger partial charge on any atom is 0.196 e. The summed E-state index contributed by atoms with van der Waals surface area (Å²) >= 11 is 12.1. The van der Waals surface area contributed by atoms with Gasteiger partial charge in [-0.1, -0.05) is 18.5 Å². The van der Waals surface area contributed by atoms with E-state index in [1.807, 2.05) is 0 Å². The first-order valence-electron chi connectivity index (χ1n) is 11.3. The Morgan fingerprint density at radius 3 is 2.55 bits per heavy atom. The number of aliphatic hydroxyl groups excluding tert-OH is 1. The molecule has 1 heterocycles. The molecule has 1 aliphatic heterocycles. The monoisotopic (exact) mass is 504 g/mol. The van der Waals surface area contributed by atoms with Gasteiger partial charge in [0.15, 0.2) is 28.6 Å². The van der Waals surface area contributed by atoms with Gasteiger partial charge in [-0.05, 0) is 63.7 Å². The third kappa shape index (κ3) is 2.64. The summed E-state index contributed by atoms with van der Waals surface area (Å²) in [6, 6.07) is 0. The van der Waals surface area contributed by atoms with Crippen LogP contribution in [0.3, 0.4) is 0 Å². The predicted octanol–water partition coefficient (Wildman–Crippen LogP) is 4.18. The molecule has 9 atom stereocenters. The lowest BCUT2D eigenvalue weighted by molar-refractivity contribution is -0.247. The van der Waals surface area contributed by atoms with Gasteiger partial charge < -0.3 is 14.6 Å². The van der Waals surface area contributed by atoms with Crippen LogP contribution in [0.5, 0.6) is 0 Å². The number of ketones is 2. The summed E-state index contributed by atoms with van der Waals surface area (Å²) < 4.78 is 45.2. The number of allylic oxidation sites excluding steroid dienone is 4. The van der Waals surface area contributed by atoms with Gasteiger partial charge in [0.1, 0.15) is 6.17 Å². The van der Waals surface area contributed by atoms with E-state index in [2.05, 4.69) is 0 Å². The van der Waals surface area contributed by atoms with Crippen molar-refractivity contribution in [2.75, 3.05) is 5.88 Å². The Kier molecular flexibility index (Phi) is 4.97. The van der Waals surface area contributed by atoms with Crippen molar-refractivity contribution in [3.05, 3.63) is 22.8 Å². The molecule has 0 radical (unpaired) electrons. The van der Waals surface area contributed by atoms with Crippen molar-refractivity contribution in [3.8, 4) is 0 Å². The highest BCUT2D eigenvalue weighted by atomic mass is 35.5. The third-order valence-electron chi connectivity index (χ3n) is 9.22. The molecular formula is C24H28Cl2F2O5. The van der Waals surface area contributed by atoms with E-state index in [-0.39, 0.29) is 41.5 Å². The molecule has 0 spiro atoms. The summed E-state index contributed by atoms with van der Waals surface area (Å²) in [4.78, 5) is 25.4. The number of carbonyl (C=O) groups excluding carboxylic acids is 2. The summed E-state index contributed by atoms with van der Waals surface area (Å²) in [6.07, 6.45) is -1.60. The van der Waals surface area contributed by atoms with E-state index in [9.17, 15) is 14.7 Å². The van der Waals surface area contributed by atoms with Gasteiger partial charge in [0.25, 0.3) is 0 Å². The number of rotatable bonds is 2. The molecule has 5 aliphatic rings. The number of ether oxygens (including phenoxy) is 2. The molecule has 0 amide bonds. The second-order valence-electron chi connectivity index (χ2n) is 11.1. The molecule has 0 bridgehead atoms. The number of halogens is 4. The van der Waals surface area contributed by atoms with Crippen LogP contribution in [0.1, 0.15) is 47.0 Å². The largest absolute Gasteiger partial charge is 0.390 e. The lowest BCUT2D eigenvalue weighted by Crippen LogP contribution is -2.71. The minimum absolute atomic E-state index is 0.00308. The maximum atomic E-state index is 17.3. The van der Waals surface area contributed by atoms with Crippen LogP contribution < -0.4 is 0 Å². The van der Waals surface area contributed by atoms with E-state index >= 15 is 8.78 Å². The molecule has 1 N–H and O–H groups in total. The Morgan fingerprint density at radius 2 is 1.91 bits per heavy atom. The average molecular weight is 505 g/mol. The number of alkyl halides is 3. The van der Waals surface area contributed by atoms with E-state index in [1.165, 1.54) is 13.0 Å². The standard InChI is InChI=1S/C24H28Cl2F2O5/c1-20(2)32-19-7-11-12-5-15(27)13-6-16(29)14(26)8-21(13,3)23(12,28)17(30)9-22(11,4)24(19,33-20)18(31)10-25/h6,8,11-12,15,17,19,30H,5,7,9-10H2,1-4H3/t11-,12-,15-,17-,19+,21-,22-,23-,24+/m0/s1. The highest BCUT2D eigenvalue weighted by Gasteiger charge is 2.80. The molecule has 0 aromatic carbocycles. The Labute approximate surface area is 201 Å². The number of aliphatic hydroxyl groups is 1. The van der Waals surface area contributed by atoms with Gasteiger partial charge >= 0.3 is 0 Å². The van der Waals surface area contributed by atoms with Crippen LogP contribution in [0.25, 0.3) is 0 Å². The second-order valence-corrected chi connectivity index (χ2v) is 11.8. The first-order valence-corrected chi connectivity index (χ1v) is 12.2. The first-order chi connectivity index (χ1) is 15.2. The average Bonchev–Trinajstić information content (AvgIpc) is 3.12. The van der Waals surface area contributed by atoms with Gasteiger partial charge in [0.2, 0.25) is 0 Å². The van der Waals surface area contributed by atoms with Crippen LogP contribution in [-0.4, -0.2) is 58.0 Å². The van der Waals surface area contributed by atoms with Gasteiger partial charge in [-0.2, -0.15) is 0 Å². The number of Topliss-reactive ketones (excluding diaryl/α,β-unsaturated/α-hetero) is 1. The molecule has 3 saturated carbocycles. The molecular weight excluding hydrogens is 477 g/mol. The van der Waals surface area contributed by atoms with Crippen LogP contribution in [-0.2, 0) is 19.1 Å². The van der Waals surface area contributed by atoms with E-state index in [0.717, 1.165) is 6.08 Å². The minimum atomic E-state index is -2.30. The summed E-state index contributed by atoms with van der Waals surface area (Å²) in [5.74, 6) is -3.83. The predicted molar refractivity (Wildman–Crippen MR) is 117 cm³/mol. The van der Waals surface area contributed by atoms with E-state index in [1.54, 1.807) is 20.8 Å². The fraction of sp³-hybridized carbons (Fsp3) is 0.750. The molecule has 0 unspecified atom stereocenters. The van der Waals surface area contributed by atoms with Crippen molar-refractivity contribution in [3.63, 3.8) is 0 Å². The third-order valence-corrected chi connectivity index (χ3v) is 9.75. The normalized spacial score (nSPS) is 52.3. The molecule has 4 aliphatic carbocycles. The van der Waals surface area contributed by atoms with Crippen LogP contribution in [0.15, 0.2) is 22.8 Å². The zero-order chi connectivity index (χ0) is 24.4. The minimum Gasteiger partial charge on any atom is -0.390 e. The van der Waals surface area contributed by atoms with Crippen LogP contribution in [0, 0.1) is 22.7 Å². The molecule has 182 valence electrons. The van der Waals surface area contributed by atoms with Gasteiger partial charge in [0, 0.05) is 16.7 Å². The molecule has 5 nitrogen and oxygen atoms in total. The van der Waals surface area contributed by atoms with Crippen LogP contribution in [0.4, 0.5) is 8.78 Å². The molecule has 0 aromatic rings. The number of hydrogen-bond acceptors (Lipinski definition) is 5. The molecule has 9 heteroatoms. The second kappa shape index (κ2) is 6.88. The Balaban J connectivity index is 1.67. The van der Waals surface area contributed by atoms with Crippen LogP contribution >= 0.6 is 23.2 Å². The smallest absolute Gasteiger partial charge is 0.196 e. The van der Waals surface area contributed by atoms with E-state index in [0.29, 0.717) is 0 Å². The lowest BCUT2D eigenvalue weighted by atomic mass is 9.44. The fourth-order valence-corrected chi connectivity index (χ4v) is 8.43.